The Labute approximate surface area is 102 Å². The van der Waals surface area contributed by atoms with Gasteiger partial charge in [0.15, 0.2) is 0 Å². The van der Waals surface area contributed by atoms with Crippen molar-refractivity contribution >= 4 is 33.2 Å². The summed E-state index contributed by atoms with van der Waals surface area (Å²) in [4.78, 5) is 12.0. The van der Waals surface area contributed by atoms with Crippen molar-refractivity contribution in [1.82, 2.24) is 5.32 Å². The van der Waals surface area contributed by atoms with Gasteiger partial charge < -0.3 is 5.32 Å². The second-order valence-electron chi connectivity index (χ2n) is 4.07. The minimum Gasteiger partial charge on any atom is -0.347 e. The van der Waals surface area contributed by atoms with Crippen LogP contribution < -0.4 is 5.32 Å². The Hall–Kier alpha value is -0.350. The summed E-state index contributed by atoms with van der Waals surface area (Å²) >= 11 is 4.93. The SMILES string of the molecule is CCC1(NC(=O)c2cscc2Br)CCC1. The molecule has 0 unspecified atom stereocenters. The highest BCUT2D eigenvalue weighted by molar-refractivity contribution is 9.10. The van der Waals surface area contributed by atoms with Crippen LogP contribution in [0.2, 0.25) is 0 Å². The van der Waals surface area contributed by atoms with Gasteiger partial charge in [-0.3, -0.25) is 4.79 Å². The number of carbonyl (C=O) groups is 1. The molecule has 1 heterocycles. The minimum atomic E-state index is 0.0599. The van der Waals surface area contributed by atoms with Crippen molar-refractivity contribution in [2.75, 3.05) is 0 Å². The third-order valence-electron chi connectivity index (χ3n) is 3.23. The van der Waals surface area contributed by atoms with Crippen molar-refractivity contribution in [3.8, 4) is 0 Å². The van der Waals surface area contributed by atoms with E-state index in [9.17, 15) is 4.79 Å². The molecule has 0 aliphatic heterocycles. The summed E-state index contributed by atoms with van der Waals surface area (Å²) in [5, 5.41) is 6.99. The van der Waals surface area contributed by atoms with Gasteiger partial charge in [0.2, 0.25) is 0 Å². The Morgan fingerprint density at radius 3 is 2.73 bits per heavy atom. The van der Waals surface area contributed by atoms with Gasteiger partial charge in [-0.2, -0.15) is 11.3 Å². The smallest absolute Gasteiger partial charge is 0.253 e. The number of thiophene rings is 1. The number of amides is 1. The normalized spacial score (nSPS) is 18.3. The molecule has 1 aromatic heterocycles. The van der Waals surface area contributed by atoms with Crippen LogP contribution in [0.3, 0.4) is 0 Å². The van der Waals surface area contributed by atoms with Gasteiger partial charge in [0.25, 0.3) is 5.91 Å². The summed E-state index contributed by atoms with van der Waals surface area (Å²) in [6.45, 7) is 2.14. The molecule has 0 atom stereocenters. The van der Waals surface area contributed by atoms with Crippen molar-refractivity contribution in [3.63, 3.8) is 0 Å². The molecule has 0 radical (unpaired) electrons. The Bertz CT molecular complexity index is 365. The highest BCUT2D eigenvalue weighted by Crippen LogP contribution is 2.35. The zero-order chi connectivity index (χ0) is 10.9. The molecule has 0 bridgehead atoms. The fourth-order valence-electron chi connectivity index (χ4n) is 1.92. The first-order valence-corrected chi connectivity index (χ1v) is 6.95. The van der Waals surface area contributed by atoms with E-state index in [2.05, 4.69) is 28.2 Å². The highest BCUT2D eigenvalue weighted by Gasteiger charge is 2.36. The Morgan fingerprint density at radius 1 is 1.60 bits per heavy atom. The van der Waals surface area contributed by atoms with Crippen molar-refractivity contribution in [1.29, 1.82) is 0 Å². The number of hydrogen-bond donors (Lipinski definition) is 1. The van der Waals surface area contributed by atoms with E-state index in [1.165, 1.54) is 6.42 Å². The summed E-state index contributed by atoms with van der Waals surface area (Å²) in [7, 11) is 0. The average Bonchev–Trinajstić information content (AvgIpc) is 2.58. The van der Waals surface area contributed by atoms with E-state index in [0.29, 0.717) is 0 Å². The average molecular weight is 288 g/mol. The molecule has 82 valence electrons. The molecule has 1 fully saturated rings. The molecular weight excluding hydrogens is 274 g/mol. The Morgan fingerprint density at radius 2 is 2.33 bits per heavy atom. The van der Waals surface area contributed by atoms with Crippen LogP contribution in [0.15, 0.2) is 15.2 Å². The number of nitrogens with one attached hydrogen (secondary N) is 1. The molecule has 1 aliphatic carbocycles. The van der Waals surface area contributed by atoms with Gasteiger partial charge in [-0.25, -0.2) is 0 Å². The van der Waals surface area contributed by atoms with E-state index in [1.54, 1.807) is 11.3 Å². The lowest BCUT2D eigenvalue weighted by atomic mass is 9.75. The molecular formula is C11H14BrNOS. The highest BCUT2D eigenvalue weighted by atomic mass is 79.9. The van der Waals surface area contributed by atoms with Gasteiger partial charge in [0, 0.05) is 20.8 Å². The van der Waals surface area contributed by atoms with Crippen LogP contribution in [0.5, 0.6) is 0 Å². The molecule has 1 N–H and O–H groups in total. The Kier molecular flexibility index (Phi) is 3.16. The molecule has 2 nitrogen and oxygen atoms in total. The van der Waals surface area contributed by atoms with E-state index < -0.39 is 0 Å². The number of carbonyl (C=O) groups excluding carboxylic acids is 1. The third-order valence-corrected chi connectivity index (χ3v) is 4.93. The van der Waals surface area contributed by atoms with Gasteiger partial charge >= 0.3 is 0 Å². The van der Waals surface area contributed by atoms with Crippen LogP contribution in [0, 0.1) is 0 Å². The maximum Gasteiger partial charge on any atom is 0.253 e. The number of hydrogen-bond acceptors (Lipinski definition) is 2. The summed E-state index contributed by atoms with van der Waals surface area (Å²) in [5.41, 5.74) is 0.845. The van der Waals surface area contributed by atoms with Crippen LogP contribution in [-0.2, 0) is 0 Å². The summed E-state index contributed by atoms with van der Waals surface area (Å²) in [5.74, 6) is 0.0599. The molecule has 0 aromatic carbocycles. The van der Waals surface area contributed by atoms with Crippen LogP contribution in [0.25, 0.3) is 0 Å². The van der Waals surface area contributed by atoms with Crippen molar-refractivity contribution in [2.45, 2.75) is 38.1 Å². The molecule has 2 rings (SSSR count). The first-order chi connectivity index (χ1) is 7.17. The second-order valence-corrected chi connectivity index (χ2v) is 5.67. The van der Waals surface area contributed by atoms with E-state index in [4.69, 9.17) is 0 Å². The van der Waals surface area contributed by atoms with Gasteiger partial charge in [-0.05, 0) is 41.6 Å². The fourth-order valence-corrected chi connectivity index (χ4v) is 3.38. The maximum absolute atomic E-state index is 12.0. The molecule has 0 spiro atoms. The van der Waals surface area contributed by atoms with Crippen molar-refractivity contribution < 1.29 is 4.79 Å². The quantitative estimate of drug-likeness (QED) is 0.905. The van der Waals surface area contributed by atoms with E-state index in [-0.39, 0.29) is 11.4 Å². The molecule has 15 heavy (non-hydrogen) atoms. The minimum absolute atomic E-state index is 0.0599. The number of rotatable bonds is 3. The molecule has 1 amide bonds. The van der Waals surface area contributed by atoms with Crippen LogP contribution in [0.4, 0.5) is 0 Å². The summed E-state index contributed by atoms with van der Waals surface area (Å²) in [6.07, 6.45) is 4.51. The molecule has 4 heteroatoms. The zero-order valence-corrected chi connectivity index (χ0v) is 11.1. The topological polar surface area (TPSA) is 29.1 Å². The van der Waals surface area contributed by atoms with Gasteiger partial charge in [0.05, 0.1) is 5.56 Å². The van der Waals surface area contributed by atoms with Crippen LogP contribution >= 0.6 is 27.3 Å². The lowest BCUT2D eigenvalue weighted by Crippen LogP contribution is -2.52. The van der Waals surface area contributed by atoms with E-state index in [1.807, 2.05) is 10.8 Å². The monoisotopic (exact) mass is 287 g/mol. The van der Waals surface area contributed by atoms with Crippen molar-refractivity contribution in [2.24, 2.45) is 0 Å². The van der Waals surface area contributed by atoms with Crippen LogP contribution in [-0.4, -0.2) is 11.4 Å². The third kappa shape index (κ3) is 2.11. The molecule has 1 aromatic rings. The standard InChI is InChI=1S/C11H14BrNOS/c1-2-11(4-3-5-11)13-10(14)8-6-15-7-9(8)12/h6-7H,2-5H2,1H3,(H,13,14). The van der Waals surface area contributed by atoms with Crippen LogP contribution in [0.1, 0.15) is 43.0 Å². The molecule has 0 saturated heterocycles. The predicted molar refractivity (Wildman–Crippen MR) is 66.4 cm³/mol. The molecule has 1 aliphatic rings. The second kappa shape index (κ2) is 4.26. The largest absolute Gasteiger partial charge is 0.347 e. The lowest BCUT2D eigenvalue weighted by Gasteiger charge is -2.42. The Balaban J connectivity index is 2.07. The van der Waals surface area contributed by atoms with E-state index in [0.717, 1.165) is 29.3 Å². The van der Waals surface area contributed by atoms with E-state index >= 15 is 0 Å². The lowest BCUT2D eigenvalue weighted by molar-refractivity contribution is 0.0820. The zero-order valence-electron chi connectivity index (χ0n) is 8.68. The summed E-state index contributed by atoms with van der Waals surface area (Å²) in [6, 6.07) is 0. The van der Waals surface area contributed by atoms with Gasteiger partial charge in [-0.15, -0.1) is 0 Å². The predicted octanol–water partition coefficient (Wildman–Crippen LogP) is 3.57. The number of halogens is 1. The molecule has 1 saturated carbocycles. The van der Waals surface area contributed by atoms with Gasteiger partial charge in [-0.1, -0.05) is 6.92 Å². The first-order valence-electron chi connectivity index (χ1n) is 5.21. The van der Waals surface area contributed by atoms with Gasteiger partial charge in [0.1, 0.15) is 0 Å². The fraction of sp³-hybridized carbons (Fsp3) is 0.545. The van der Waals surface area contributed by atoms with Crippen molar-refractivity contribution in [3.05, 3.63) is 20.8 Å². The maximum atomic E-state index is 12.0. The summed E-state index contributed by atoms with van der Waals surface area (Å²) < 4.78 is 0.899. The first kappa shape index (κ1) is 11.1.